The molecule has 0 saturated carbocycles. The summed E-state index contributed by atoms with van der Waals surface area (Å²) in [5.41, 5.74) is 9.34. The number of piperidine rings is 1. The Labute approximate surface area is 188 Å². The van der Waals surface area contributed by atoms with E-state index in [1.54, 1.807) is 9.58 Å². The van der Waals surface area contributed by atoms with E-state index in [-0.39, 0.29) is 36.1 Å². The first kappa shape index (κ1) is 23.0. The van der Waals surface area contributed by atoms with Crippen molar-refractivity contribution in [3.05, 3.63) is 42.2 Å². The second kappa shape index (κ2) is 11.0. The van der Waals surface area contributed by atoms with E-state index in [4.69, 9.17) is 10.5 Å². The number of aliphatic imine (C=N–C) groups is 1. The molecule has 2 heterocycles. The van der Waals surface area contributed by atoms with Crippen molar-refractivity contribution in [2.24, 2.45) is 17.8 Å². The van der Waals surface area contributed by atoms with Gasteiger partial charge in [0.25, 0.3) is 0 Å². The highest BCUT2D eigenvalue weighted by atomic mass is 127. The number of nitrogens with one attached hydrogen (secondary N) is 1. The van der Waals surface area contributed by atoms with Crippen LogP contribution in [0.3, 0.4) is 0 Å². The minimum atomic E-state index is -0.240. The molecule has 1 amide bonds. The smallest absolute Gasteiger partial charge is 0.409 e. The Morgan fingerprint density at radius 3 is 2.76 bits per heavy atom. The van der Waals surface area contributed by atoms with Gasteiger partial charge < -0.3 is 20.7 Å². The van der Waals surface area contributed by atoms with Gasteiger partial charge in [0, 0.05) is 37.9 Å². The fraction of sp³-hybridized carbons (Fsp3) is 0.450. The van der Waals surface area contributed by atoms with Gasteiger partial charge in [0.1, 0.15) is 0 Å². The summed E-state index contributed by atoms with van der Waals surface area (Å²) in [5.74, 6) is 0.432. The van der Waals surface area contributed by atoms with Gasteiger partial charge in [0.2, 0.25) is 0 Å². The molecule has 1 aromatic carbocycles. The van der Waals surface area contributed by atoms with Crippen molar-refractivity contribution in [1.29, 1.82) is 0 Å². The number of carbonyl (C=O) groups excluding carboxylic acids is 1. The fourth-order valence-corrected chi connectivity index (χ4v) is 3.27. The van der Waals surface area contributed by atoms with Crippen LogP contribution in [0.15, 0.2) is 41.7 Å². The van der Waals surface area contributed by atoms with E-state index in [2.05, 4.69) is 27.5 Å². The molecule has 0 unspecified atom stereocenters. The van der Waals surface area contributed by atoms with Crippen molar-refractivity contribution >= 4 is 36.0 Å². The number of rotatable bonds is 5. The van der Waals surface area contributed by atoms with Gasteiger partial charge in [0.15, 0.2) is 5.96 Å². The fourth-order valence-electron chi connectivity index (χ4n) is 3.27. The zero-order valence-electron chi connectivity index (χ0n) is 16.9. The van der Waals surface area contributed by atoms with Crippen molar-refractivity contribution in [2.45, 2.75) is 32.4 Å². The van der Waals surface area contributed by atoms with E-state index in [0.29, 0.717) is 32.2 Å². The summed E-state index contributed by atoms with van der Waals surface area (Å²) in [4.78, 5) is 18.0. The molecule has 8 nitrogen and oxygen atoms in total. The average molecular weight is 512 g/mol. The number of hydrogen-bond donors (Lipinski definition) is 2. The molecule has 0 spiro atoms. The Morgan fingerprint density at radius 2 is 2.10 bits per heavy atom. The van der Waals surface area contributed by atoms with Crippen LogP contribution in [0, 0.1) is 0 Å². The molecule has 0 radical (unpaired) electrons. The minimum Gasteiger partial charge on any atom is -0.450 e. The van der Waals surface area contributed by atoms with Crippen molar-refractivity contribution in [3.63, 3.8) is 0 Å². The van der Waals surface area contributed by atoms with Crippen LogP contribution in [-0.2, 0) is 18.3 Å². The number of nitrogens with zero attached hydrogens (tertiary/aromatic N) is 4. The molecule has 1 saturated heterocycles. The van der Waals surface area contributed by atoms with Crippen LogP contribution in [-0.4, -0.2) is 52.5 Å². The normalized spacial score (nSPS) is 15.0. The molecule has 158 valence electrons. The van der Waals surface area contributed by atoms with Crippen LogP contribution in [0.25, 0.3) is 11.1 Å². The Kier molecular flexibility index (Phi) is 8.74. The molecule has 1 aromatic heterocycles. The number of carbonyl (C=O) groups is 1. The Morgan fingerprint density at radius 1 is 1.34 bits per heavy atom. The van der Waals surface area contributed by atoms with Crippen molar-refractivity contribution in [3.8, 4) is 11.1 Å². The molecule has 0 atom stereocenters. The van der Waals surface area contributed by atoms with Gasteiger partial charge in [-0.3, -0.25) is 4.68 Å². The third-order valence-corrected chi connectivity index (χ3v) is 4.77. The van der Waals surface area contributed by atoms with E-state index in [9.17, 15) is 4.79 Å². The number of amides is 1. The topological polar surface area (TPSA) is 97.8 Å². The number of nitrogens with two attached hydrogens (primary N) is 1. The van der Waals surface area contributed by atoms with Crippen LogP contribution in [0.1, 0.15) is 25.3 Å². The molecule has 29 heavy (non-hydrogen) atoms. The van der Waals surface area contributed by atoms with Gasteiger partial charge in [-0.15, -0.1) is 24.0 Å². The first-order chi connectivity index (χ1) is 13.5. The maximum absolute atomic E-state index is 11.7. The lowest BCUT2D eigenvalue weighted by Gasteiger charge is -2.31. The number of aryl methyl sites for hydroxylation is 1. The Balaban J connectivity index is 0.00000300. The molecular weight excluding hydrogens is 483 g/mol. The molecule has 1 aliphatic heterocycles. The molecule has 1 fully saturated rings. The van der Waals surface area contributed by atoms with Gasteiger partial charge >= 0.3 is 6.09 Å². The highest BCUT2D eigenvalue weighted by Crippen LogP contribution is 2.20. The number of ether oxygens (including phenoxy) is 1. The van der Waals surface area contributed by atoms with Crippen LogP contribution in [0.2, 0.25) is 0 Å². The molecule has 0 aliphatic carbocycles. The van der Waals surface area contributed by atoms with E-state index in [1.807, 2.05) is 38.5 Å². The van der Waals surface area contributed by atoms with Gasteiger partial charge in [-0.25, -0.2) is 9.79 Å². The number of likely N-dealkylation sites (tertiary alicyclic amines) is 1. The lowest BCUT2D eigenvalue weighted by molar-refractivity contribution is 0.0963. The van der Waals surface area contributed by atoms with Crippen LogP contribution in [0.5, 0.6) is 0 Å². The number of guanidine groups is 1. The van der Waals surface area contributed by atoms with Gasteiger partial charge in [-0.2, -0.15) is 5.10 Å². The summed E-state index contributed by atoms with van der Waals surface area (Å²) >= 11 is 0. The summed E-state index contributed by atoms with van der Waals surface area (Å²) in [7, 11) is 1.90. The van der Waals surface area contributed by atoms with Gasteiger partial charge in [-0.05, 0) is 37.0 Å². The Hall–Kier alpha value is -2.30. The molecule has 3 N–H and O–H groups in total. The number of hydrogen-bond acceptors (Lipinski definition) is 4. The largest absolute Gasteiger partial charge is 0.450 e. The van der Waals surface area contributed by atoms with E-state index >= 15 is 0 Å². The van der Waals surface area contributed by atoms with Crippen molar-refractivity contribution in [2.75, 3.05) is 19.7 Å². The molecule has 0 bridgehead atoms. The number of aromatic nitrogens is 2. The van der Waals surface area contributed by atoms with Crippen LogP contribution < -0.4 is 11.1 Å². The Bertz CT molecular complexity index is 830. The van der Waals surface area contributed by atoms with Gasteiger partial charge in [-0.1, -0.05) is 18.2 Å². The number of benzene rings is 1. The second-order valence-corrected chi connectivity index (χ2v) is 6.91. The van der Waals surface area contributed by atoms with E-state index in [1.165, 1.54) is 0 Å². The minimum absolute atomic E-state index is 0. The van der Waals surface area contributed by atoms with Crippen LogP contribution >= 0.6 is 24.0 Å². The van der Waals surface area contributed by atoms with E-state index < -0.39 is 0 Å². The quantitative estimate of drug-likeness (QED) is 0.365. The maximum Gasteiger partial charge on any atom is 0.409 e. The maximum atomic E-state index is 11.7. The molecule has 3 rings (SSSR count). The predicted molar refractivity (Wildman–Crippen MR) is 124 cm³/mol. The third-order valence-electron chi connectivity index (χ3n) is 4.77. The highest BCUT2D eigenvalue weighted by molar-refractivity contribution is 14.0. The average Bonchev–Trinajstić information content (AvgIpc) is 3.14. The SMILES string of the molecule is CCOC(=O)N1CCC(NC(N)=NCc2cccc(-c3cnn(C)c3)c2)CC1.I. The molecular formula is C20H29IN6O2. The first-order valence-electron chi connectivity index (χ1n) is 9.61. The van der Waals surface area contributed by atoms with Gasteiger partial charge in [0.05, 0.1) is 19.3 Å². The highest BCUT2D eigenvalue weighted by Gasteiger charge is 2.23. The monoisotopic (exact) mass is 512 g/mol. The number of halogens is 1. The molecule has 1 aliphatic rings. The van der Waals surface area contributed by atoms with Crippen LogP contribution in [0.4, 0.5) is 4.79 Å². The lowest BCUT2D eigenvalue weighted by atomic mass is 10.1. The summed E-state index contributed by atoms with van der Waals surface area (Å²) < 4.78 is 6.83. The summed E-state index contributed by atoms with van der Waals surface area (Å²) in [5, 5.41) is 7.48. The lowest BCUT2D eigenvalue weighted by Crippen LogP contribution is -2.48. The second-order valence-electron chi connectivity index (χ2n) is 6.91. The zero-order valence-corrected chi connectivity index (χ0v) is 19.2. The van der Waals surface area contributed by atoms with Crippen molar-refractivity contribution < 1.29 is 9.53 Å². The molecule has 9 heteroatoms. The summed E-state index contributed by atoms with van der Waals surface area (Å²) in [6.07, 6.45) is 5.25. The van der Waals surface area contributed by atoms with E-state index in [0.717, 1.165) is 29.5 Å². The van der Waals surface area contributed by atoms with Crippen molar-refractivity contribution in [1.82, 2.24) is 20.0 Å². The predicted octanol–water partition coefficient (Wildman–Crippen LogP) is 2.73. The zero-order chi connectivity index (χ0) is 19.9. The standard InChI is InChI=1S/C20H28N6O2.HI/c1-3-28-20(27)26-9-7-18(8-10-26)24-19(21)22-12-15-5-4-6-16(11-15)17-13-23-25(2)14-17;/h4-6,11,13-14,18H,3,7-10,12H2,1-2H3,(H3,21,22,24);1H. The summed E-state index contributed by atoms with van der Waals surface area (Å²) in [6, 6.07) is 8.43. The molecule has 2 aromatic rings. The first-order valence-corrected chi connectivity index (χ1v) is 9.61. The third kappa shape index (κ3) is 6.62. The summed E-state index contributed by atoms with van der Waals surface area (Å²) in [6.45, 7) is 4.05.